The molecule has 4 aromatic rings. The fourth-order valence-corrected chi connectivity index (χ4v) is 3.80. The van der Waals surface area contributed by atoms with E-state index in [1.54, 1.807) is 24.3 Å². The fourth-order valence-electron chi connectivity index (χ4n) is 3.80. The van der Waals surface area contributed by atoms with Crippen molar-refractivity contribution in [1.29, 1.82) is 0 Å². The monoisotopic (exact) mass is 510 g/mol. The summed E-state index contributed by atoms with van der Waals surface area (Å²) in [6.07, 6.45) is 0.617. The highest BCUT2D eigenvalue weighted by Gasteiger charge is 2.20. The topological polar surface area (TPSA) is 84.6 Å². The molecule has 0 radical (unpaired) electrons. The second kappa shape index (κ2) is 11.7. The van der Waals surface area contributed by atoms with Gasteiger partial charge in [-0.2, -0.15) is 0 Å². The number of hydrogen-bond acceptors (Lipinski definition) is 5. The van der Waals surface area contributed by atoms with Crippen LogP contribution in [0.3, 0.4) is 0 Å². The Morgan fingerprint density at radius 3 is 2.38 bits per heavy atom. The van der Waals surface area contributed by atoms with E-state index in [0.717, 1.165) is 17.0 Å². The first-order valence-corrected chi connectivity index (χ1v) is 11.6. The largest absolute Gasteiger partial charge is 0.493 e. The standard InChI is InChI=1S/C28H25F3N2O4/c1-17-25(33-27(37-17)19-5-3-2-4-6-19)11-12-36-21-9-7-18(8-10-21)13-26(28(34)35)32-16-22-23(30)14-20(29)15-24(22)31/h2-10,14-15,26,32H,11-13,16H2,1H3,(H,34,35). The van der Waals surface area contributed by atoms with Gasteiger partial charge < -0.3 is 14.3 Å². The van der Waals surface area contributed by atoms with Crippen LogP contribution in [0.2, 0.25) is 0 Å². The summed E-state index contributed by atoms with van der Waals surface area (Å²) in [5, 5.41) is 12.1. The van der Waals surface area contributed by atoms with Gasteiger partial charge in [0, 0.05) is 36.2 Å². The first-order valence-electron chi connectivity index (χ1n) is 11.6. The van der Waals surface area contributed by atoms with Gasteiger partial charge in [-0.25, -0.2) is 18.2 Å². The number of carbonyl (C=O) groups is 1. The van der Waals surface area contributed by atoms with E-state index in [9.17, 15) is 23.1 Å². The van der Waals surface area contributed by atoms with Crippen LogP contribution < -0.4 is 10.1 Å². The minimum absolute atomic E-state index is 0.0699. The van der Waals surface area contributed by atoms with Gasteiger partial charge in [-0.05, 0) is 43.2 Å². The molecule has 1 aromatic heterocycles. The summed E-state index contributed by atoms with van der Waals surface area (Å²) in [5.74, 6) is -2.48. The van der Waals surface area contributed by atoms with E-state index in [-0.39, 0.29) is 6.42 Å². The second-order valence-corrected chi connectivity index (χ2v) is 8.45. The van der Waals surface area contributed by atoms with Crippen molar-refractivity contribution in [3.05, 3.63) is 107 Å². The Morgan fingerprint density at radius 1 is 1.05 bits per heavy atom. The molecule has 0 aliphatic rings. The third-order valence-corrected chi connectivity index (χ3v) is 5.81. The minimum Gasteiger partial charge on any atom is -0.493 e. The predicted molar refractivity (Wildman–Crippen MR) is 131 cm³/mol. The molecular weight excluding hydrogens is 485 g/mol. The number of aliphatic carboxylic acids is 1. The Balaban J connectivity index is 1.30. The molecule has 4 rings (SSSR count). The molecule has 6 nitrogen and oxygen atoms in total. The molecule has 2 N–H and O–H groups in total. The number of carboxylic acid groups (broad SMARTS) is 1. The van der Waals surface area contributed by atoms with Crippen molar-refractivity contribution in [2.75, 3.05) is 6.61 Å². The molecule has 9 heteroatoms. The number of nitrogens with zero attached hydrogens (tertiary/aromatic N) is 1. The van der Waals surface area contributed by atoms with E-state index < -0.39 is 41.6 Å². The summed E-state index contributed by atoms with van der Waals surface area (Å²) in [6, 6.07) is 16.5. The molecule has 1 unspecified atom stereocenters. The summed E-state index contributed by atoms with van der Waals surface area (Å²) in [4.78, 5) is 16.2. The van der Waals surface area contributed by atoms with Crippen LogP contribution in [-0.4, -0.2) is 28.7 Å². The van der Waals surface area contributed by atoms with Crippen LogP contribution in [0, 0.1) is 24.4 Å². The van der Waals surface area contributed by atoms with Crippen LogP contribution in [0.5, 0.6) is 5.75 Å². The van der Waals surface area contributed by atoms with E-state index in [1.165, 1.54) is 0 Å². The first kappa shape index (κ1) is 26.0. The average Bonchev–Trinajstić information content (AvgIpc) is 3.24. The van der Waals surface area contributed by atoms with E-state index in [1.807, 2.05) is 37.3 Å². The SMILES string of the molecule is Cc1oc(-c2ccccc2)nc1CCOc1ccc(CC(NCc2c(F)cc(F)cc2F)C(=O)O)cc1. The van der Waals surface area contributed by atoms with Crippen molar-refractivity contribution in [2.45, 2.75) is 32.4 Å². The number of nitrogens with one attached hydrogen (secondary N) is 1. The number of aromatic nitrogens is 1. The van der Waals surface area contributed by atoms with Gasteiger partial charge >= 0.3 is 5.97 Å². The number of halogens is 3. The van der Waals surface area contributed by atoms with Crippen LogP contribution in [-0.2, 0) is 24.2 Å². The molecule has 0 amide bonds. The second-order valence-electron chi connectivity index (χ2n) is 8.45. The maximum atomic E-state index is 13.9. The predicted octanol–water partition coefficient (Wildman–Crippen LogP) is 5.47. The van der Waals surface area contributed by atoms with Gasteiger partial charge in [-0.15, -0.1) is 0 Å². The van der Waals surface area contributed by atoms with Crippen molar-refractivity contribution in [2.24, 2.45) is 0 Å². The number of benzene rings is 3. The molecule has 0 fully saturated rings. The van der Waals surface area contributed by atoms with Crippen molar-refractivity contribution in [3.63, 3.8) is 0 Å². The van der Waals surface area contributed by atoms with Crippen molar-refractivity contribution < 1.29 is 32.2 Å². The molecule has 1 atom stereocenters. The summed E-state index contributed by atoms with van der Waals surface area (Å²) >= 11 is 0. The zero-order chi connectivity index (χ0) is 26.4. The number of oxazole rings is 1. The van der Waals surface area contributed by atoms with Gasteiger partial charge in [0.15, 0.2) is 0 Å². The van der Waals surface area contributed by atoms with Gasteiger partial charge in [0.05, 0.1) is 12.3 Å². The molecule has 0 spiro atoms. The Hall–Kier alpha value is -4.11. The molecule has 0 bridgehead atoms. The first-order chi connectivity index (χ1) is 17.8. The number of ether oxygens (including phenoxy) is 1. The van der Waals surface area contributed by atoms with E-state index in [2.05, 4.69) is 10.3 Å². The lowest BCUT2D eigenvalue weighted by Crippen LogP contribution is -2.38. The lowest BCUT2D eigenvalue weighted by molar-refractivity contribution is -0.139. The molecule has 37 heavy (non-hydrogen) atoms. The normalized spacial score (nSPS) is 11.9. The number of aryl methyl sites for hydroxylation is 1. The van der Waals surface area contributed by atoms with Gasteiger partial charge in [-0.1, -0.05) is 30.3 Å². The third kappa shape index (κ3) is 6.77. The summed E-state index contributed by atoms with van der Waals surface area (Å²) in [5.41, 5.74) is 1.97. The van der Waals surface area contributed by atoms with Crippen molar-refractivity contribution in [1.82, 2.24) is 10.3 Å². The Labute approximate surface area is 211 Å². The number of hydrogen-bond donors (Lipinski definition) is 2. The van der Waals surface area contributed by atoms with Crippen molar-refractivity contribution in [3.8, 4) is 17.2 Å². The third-order valence-electron chi connectivity index (χ3n) is 5.81. The highest BCUT2D eigenvalue weighted by atomic mass is 19.1. The average molecular weight is 511 g/mol. The van der Waals surface area contributed by atoms with Gasteiger partial charge in [-0.3, -0.25) is 10.1 Å². The van der Waals surface area contributed by atoms with Gasteiger partial charge in [0.25, 0.3) is 0 Å². The quantitative estimate of drug-likeness (QED) is 0.278. The zero-order valence-corrected chi connectivity index (χ0v) is 20.0. The molecule has 0 saturated carbocycles. The van der Waals surface area contributed by atoms with Crippen LogP contribution in [0.1, 0.15) is 22.6 Å². The van der Waals surface area contributed by atoms with Crippen LogP contribution in [0.25, 0.3) is 11.5 Å². The smallest absolute Gasteiger partial charge is 0.321 e. The molecule has 192 valence electrons. The van der Waals surface area contributed by atoms with Gasteiger partial charge in [0.2, 0.25) is 5.89 Å². The fraction of sp³-hybridized carbons (Fsp3) is 0.214. The molecule has 0 aliphatic carbocycles. The summed E-state index contributed by atoms with van der Waals surface area (Å²) in [7, 11) is 0. The van der Waals surface area contributed by atoms with Crippen LogP contribution in [0.15, 0.2) is 71.1 Å². The van der Waals surface area contributed by atoms with Gasteiger partial charge in [0.1, 0.15) is 35.0 Å². The Morgan fingerprint density at radius 2 is 1.73 bits per heavy atom. The Bertz CT molecular complexity index is 1330. The molecule has 1 heterocycles. The zero-order valence-electron chi connectivity index (χ0n) is 20.0. The number of carboxylic acids is 1. The molecule has 3 aromatic carbocycles. The van der Waals surface area contributed by atoms with E-state index >= 15 is 0 Å². The van der Waals surface area contributed by atoms with E-state index in [4.69, 9.17) is 9.15 Å². The highest BCUT2D eigenvalue weighted by molar-refractivity contribution is 5.74. The minimum atomic E-state index is -1.18. The summed E-state index contributed by atoms with van der Waals surface area (Å²) < 4.78 is 52.4. The Kier molecular flexibility index (Phi) is 8.25. The maximum absolute atomic E-state index is 13.9. The molecule has 0 saturated heterocycles. The lowest BCUT2D eigenvalue weighted by atomic mass is 10.1. The molecular formula is C28H25F3N2O4. The molecule has 0 aliphatic heterocycles. The maximum Gasteiger partial charge on any atom is 0.321 e. The van der Waals surface area contributed by atoms with Crippen LogP contribution in [0.4, 0.5) is 13.2 Å². The lowest BCUT2D eigenvalue weighted by Gasteiger charge is -2.16. The summed E-state index contributed by atoms with van der Waals surface area (Å²) in [6.45, 7) is 1.83. The number of rotatable bonds is 11. The van der Waals surface area contributed by atoms with Crippen LogP contribution >= 0.6 is 0 Å². The van der Waals surface area contributed by atoms with E-state index in [0.29, 0.717) is 42.4 Å². The highest BCUT2D eigenvalue weighted by Crippen LogP contribution is 2.22. The van der Waals surface area contributed by atoms with Crippen molar-refractivity contribution >= 4 is 5.97 Å².